The molecule has 1 saturated carbocycles. The standard InChI is InChI=1S/C27H29ClN4OS/c1-19-6-11-23-24(20(19)2)30-26(34-23)32(16-5-15-31-17-14-29-18-31)25(33)27(12-3-4-13-27)21-7-9-22(28)10-8-21/h6-11,14,17-18H,3-5,12-13,15-16H2,1-2H3. The third-order valence-electron chi connectivity index (χ3n) is 7.17. The zero-order valence-corrected chi connectivity index (χ0v) is 21.2. The van der Waals surface area contributed by atoms with Gasteiger partial charge < -0.3 is 4.57 Å². The quantitative estimate of drug-likeness (QED) is 0.288. The van der Waals surface area contributed by atoms with Crippen LogP contribution in [0, 0.1) is 13.8 Å². The SMILES string of the molecule is Cc1ccc2sc(N(CCCn3ccnc3)C(=O)C3(c4ccc(Cl)cc4)CCCC3)nc2c1C. The summed E-state index contributed by atoms with van der Waals surface area (Å²) in [6.07, 6.45) is 10.2. The van der Waals surface area contributed by atoms with Gasteiger partial charge in [-0.05, 0) is 68.0 Å². The molecule has 1 aliphatic rings. The molecule has 7 heteroatoms. The van der Waals surface area contributed by atoms with Gasteiger partial charge in [0.1, 0.15) is 0 Å². The molecule has 2 heterocycles. The van der Waals surface area contributed by atoms with Crippen molar-refractivity contribution in [1.29, 1.82) is 0 Å². The van der Waals surface area contributed by atoms with Gasteiger partial charge in [0.05, 0.1) is 22.0 Å². The monoisotopic (exact) mass is 492 g/mol. The lowest BCUT2D eigenvalue weighted by Gasteiger charge is -2.34. The van der Waals surface area contributed by atoms with Crippen molar-refractivity contribution in [2.75, 3.05) is 11.4 Å². The van der Waals surface area contributed by atoms with Crippen LogP contribution in [-0.4, -0.2) is 27.0 Å². The summed E-state index contributed by atoms with van der Waals surface area (Å²) >= 11 is 7.79. The molecule has 0 radical (unpaired) electrons. The smallest absolute Gasteiger partial charge is 0.239 e. The molecule has 0 aliphatic heterocycles. The summed E-state index contributed by atoms with van der Waals surface area (Å²) in [7, 11) is 0. The van der Waals surface area contributed by atoms with E-state index in [0.29, 0.717) is 11.6 Å². The molecule has 5 nitrogen and oxygen atoms in total. The summed E-state index contributed by atoms with van der Waals surface area (Å²) in [5.74, 6) is 0.159. The molecule has 1 amide bonds. The van der Waals surface area contributed by atoms with Crippen molar-refractivity contribution >= 4 is 44.2 Å². The first kappa shape index (κ1) is 23.1. The van der Waals surface area contributed by atoms with Crippen molar-refractivity contribution in [2.24, 2.45) is 0 Å². The molecular formula is C27H29ClN4OS. The van der Waals surface area contributed by atoms with Gasteiger partial charge in [-0.2, -0.15) is 0 Å². The number of hydrogen-bond donors (Lipinski definition) is 0. The van der Waals surface area contributed by atoms with E-state index in [2.05, 4.69) is 35.5 Å². The number of benzene rings is 2. The fourth-order valence-electron chi connectivity index (χ4n) is 5.08. The normalized spacial score (nSPS) is 15.1. The van der Waals surface area contributed by atoms with E-state index in [1.54, 1.807) is 17.5 Å². The number of aryl methyl sites for hydroxylation is 3. The number of rotatable bonds is 7. The first-order chi connectivity index (χ1) is 16.5. The summed E-state index contributed by atoms with van der Waals surface area (Å²) in [5.41, 5.74) is 3.93. The Balaban J connectivity index is 1.53. The molecule has 1 aliphatic carbocycles. The highest BCUT2D eigenvalue weighted by molar-refractivity contribution is 7.22. The van der Waals surface area contributed by atoms with Crippen molar-refractivity contribution in [1.82, 2.24) is 14.5 Å². The predicted octanol–water partition coefficient (Wildman–Crippen LogP) is 6.70. The van der Waals surface area contributed by atoms with Crippen LogP contribution in [0.1, 0.15) is 48.8 Å². The van der Waals surface area contributed by atoms with Crippen LogP contribution in [0.5, 0.6) is 0 Å². The van der Waals surface area contributed by atoms with Crippen LogP contribution in [0.3, 0.4) is 0 Å². The topological polar surface area (TPSA) is 51.0 Å². The van der Waals surface area contributed by atoms with Crippen LogP contribution in [0.15, 0.2) is 55.1 Å². The predicted molar refractivity (Wildman–Crippen MR) is 140 cm³/mol. The minimum absolute atomic E-state index is 0.159. The number of imidazole rings is 1. The molecule has 1 fully saturated rings. The van der Waals surface area contributed by atoms with Crippen LogP contribution < -0.4 is 4.90 Å². The fourth-order valence-corrected chi connectivity index (χ4v) is 6.25. The molecule has 4 aromatic rings. The van der Waals surface area contributed by atoms with E-state index in [4.69, 9.17) is 16.6 Å². The van der Waals surface area contributed by atoms with Crippen molar-refractivity contribution in [3.63, 3.8) is 0 Å². The molecule has 0 spiro atoms. The van der Waals surface area contributed by atoms with Crippen LogP contribution >= 0.6 is 22.9 Å². The second-order valence-electron chi connectivity index (χ2n) is 9.26. The fraction of sp³-hybridized carbons (Fsp3) is 0.370. The van der Waals surface area contributed by atoms with Crippen LogP contribution in [0.25, 0.3) is 10.2 Å². The molecule has 2 aromatic heterocycles. The number of amides is 1. The third-order valence-corrected chi connectivity index (χ3v) is 8.47. The minimum atomic E-state index is -0.525. The van der Waals surface area contributed by atoms with E-state index in [1.165, 1.54) is 11.1 Å². The van der Waals surface area contributed by atoms with Crippen LogP contribution in [-0.2, 0) is 16.8 Å². The summed E-state index contributed by atoms with van der Waals surface area (Å²) < 4.78 is 3.18. The largest absolute Gasteiger partial charge is 0.337 e. The molecule has 176 valence electrons. The van der Waals surface area contributed by atoms with Gasteiger partial charge in [0.2, 0.25) is 5.91 Å². The van der Waals surface area contributed by atoms with E-state index in [9.17, 15) is 4.79 Å². The van der Waals surface area contributed by atoms with Gasteiger partial charge in [-0.15, -0.1) is 0 Å². The van der Waals surface area contributed by atoms with Gasteiger partial charge in [-0.1, -0.05) is 54.0 Å². The molecule has 0 bridgehead atoms. The Morgan fingerprint density at radius 3 is 2.62 bits per heavy atom. The van der Waals surface area contributed by atoms with Crippen molar-refractivity contribution in [2.45, 2.75) is 57.9 Å². The third kappa shape index (κ3) is 4.25. The highest BCUT2D eigenvalue weighted by Crippen LogP contribution is 2.44. The second kappa shape index (κ2) is 9.51. The maximum Gasteiger partial charge on any atom is 0.239 e. The van der Waals surface area contributed by atoms with Gasteiger partial charge in [0.25, 0.3) is 0 Å². The van der Waals surface area contributed by atoms with Crippen LogP contribution in [0.4, 0.5) is 5.13 Å². The Bertz CT molecular complexity index is 1290. The first-order valence-electron chi connectivity index (χ1n) is 11.9. The Morgan fingerprint density at radius 1 is 1.15 bits per heavy atom. The highest BCUT2D eigenvalue weighted by Gasteiger charge is 2.45. The number of thiazole rings is 1. The molecule has 0 saturated heterocycles. The van der Waals surface area contributed by atoms with Gasteiger partial charge >= 0.3 is 0 Å². The van der Waals surface area contributed by atoms with Gasteiger partial charge in [-0.3, -0.25) is 9.69 Å². The van der Waals surface area contributed by atoms with E-state index in [1.807, 2.05) is 41.7 Å². The number of anilines is 1. The van der Waals surface area contributed by atoms with Crippen molar-refractivity contribution < 1.29 is 4.79 Å². The lowest BCUT2D eigenvalue weighted by atomic mass is 9.77. The van der Waals surface area contributed by atoms with Gasteiger partial charge in [0.15, 0.2) is 5.13 Å². The highest BCUT2D eigenvalue weighted by atomic mass is 35.5. The maximum atomic E-state index is 14.4. The van der Waals surface area contributed by atoms with E-state index in [-0.39, 0.29) is 5.91 Å². The molecule has 34 heavy (non-hydrogen) atoms. The summed E-state index contributed by atoms with van der Waals surface area (Å²) in [6.45, 7) is 5.64. The number of nitrogens with zero attached hydrogens (tertiary/aromatic N) is 4. The molecule has 0 N–H and O–H groups in total. The summed E-state index contributed by atoms with van der Waals surface area (Å²) in [4.78, 5) is 25.5. The Morgan fingerprint density at radius 2 is 1.91 bits per heavy atom. The van der Waals surface area contributed by atoms with E-state index >= 15 is 0 Å². The number of fused-ring (bicyclic) bond motifs is 1. The number of halogens is 1. The minimum Gasteiger partial charge on any atom is -0.337 e. The van der Waals surface area contributed by atoms with Gasteiger partial charge in [-0.25, -0.2) is 9.97 Å². The number of aromatic nitrogens is 3. The Labute approximate surface area is 209 Å². The van der Waals surface area contributed by atoms with Crippen molar-refractivity contribution in [3.05, 3.63) is 76.8 Å². The van der Waals surface area contributed by atoms with E-state index in [0.717, 1.165) is 59.6 Å². The zero-order valence-electron chi connectivity index (χ0n) is 19.6. The first-order valence-corrected chi connectivity index (χ1v) is 13.1. The Hall–Kier alpha value is -2.70. The summed E-state index contributed by atoms with van der Waals surface area (Å²) in [6, 6.07) is 12.1. The summed E-state index contributed by atoms with van der Waals surface area (Å²) in [5, 5.41) is 1.48. The van der Waals surface area contributed by atoms with Crippen molar-refractivity contribution in [3.8, 4) is 0 Å². The number of carbonyl (C=O) groups is 1. The second-order valence-corrected chi connectivity index (χ2v) is 10.7. The number of hydrogen-bond acceptors (Lipinski definition) is 4. The molecular weight excluding hydrogens is 464 g/mol. The van der Waals surface area contributed by atoms with Crippen LogP contribution in [0.2, 0.25) is 5.02 Å². The average Bonchev–Trinajstić information content (AvgIpc) is 3.61. The van der Waals surface area contributed by atoms with E-state index < -0.39 is 5.41 Å². The molecule has 0 atom stereocenters. The zero-order chi connectivity index (χ0) is 23.7. The lowest BCUT2D eigenvalue weighted by molar-refractivity contribution is -0.124. The van der Waals surface area contributed by atoms with Gasteiger partial charge in [0, 0.05) is 30.5 Å². The average molecular weight is 493 g/mol. The number of carbonyl (C=O) groups excluding carboxylic acids is 1. The molecule has 5 rings (SSSR count). The molecule has 0 unspecified atom stereocenters. The Kier molecular flexibility index (Phi) is 6.45. The lowest BCUT2D eigenvalue weighted by Crippen LogP contribution is -2.46. The molecule has 2 aromatic carbocycles. The maximum absolute atomic E-state index is 14.4.